The molecule has 0 saturated carbocycles. The SMILES string of the molecule is c1ccc2c(c1)nc1c3cccnc3ncn21. The molecule has 0 aliphatic rings. The summed E-state index contributed by atoms with van der Waals surface area (Å²) in [6, 6.07) is 11.9. The van der Waals surface area contributed by atoms with Crippen molar-refractivity contribution >= 4 is 27.7 Å². The van der Waals surface area contributed by atoms with Crippen LogP contribution in [0.25, 0.3) is 27.7 Å². The third-order valence-corrected chi connectivity index (χ3v) is 2.92. The Kier molecular flexibility index (Phi) is 1.53. The third-order valence-electron chi connectivity index (χ3n) is 2.92. The molecule has 0 aliphatic heterocycles. The molecule has 0 radical (unpaired) electrons. The number of imidazole rings is 1. The average Bonchev–Trinajstić information content (AvgIpc) is 2.78. The van der Waals surface area contributed by atoms with Gasteiger partial charge in [-0.1, -0.05) is 12.1 Å². The molecule has 0 bridgehead atoms. The molecule has 4 nitrogen and oxygen atoms in total. The van der Waals surface area contributed by atoms with Crippen molar-refractivity contribution in [3.8, 4) is 0 Å². The Morgan fingerprint density at radius 2 is 1.88 bits per heavy atom. The largest absolute Gasteiger partial charge is 0.282 e. The minimum absolute atomic E-state index is 0.732. The van der Waals surface area contributed by atoms with E-state index in [4.69, 9.17) is 0 Å². The fourth-order valence-electron chi connectivity index (χ4n) is 2.14. The van der Waals surface area contributed by atoms with Crippen molar-refractivity contribution in [3.63, 3.8) is 0 Å². The second kappa shape index (κ2) is 3.01. The van der Waals surface area contributed by atoms with Crippen LogP contribution in [0.2, 0.25) is 0 Å². The van der Waals surface area contributed by atoms with Crippen LogP contribution >= 0.6 is 0 Å². The quantitative estimate of drug-likeness (QED) is 0.457. The van der Waals surface area contributed by atoms with E-state index >= 15 is 0 Å². The van der Waals surface area contributed by atoms with Crippen LogP contribution in [0.1, 0.15) is 0 Å². The number of aromatic nitrogens is 4. The van der Waals surface area contributed by atoms with Crippen LogP contribution in [0.3, 0.4) is 0 Å². The second-order valence-corrected chi connectivity index (χ2v) is 3.91. The van der Waals surface area contributed by atoms with Crippen molar-refractivity contribution in [2.24, 2.45) is 0 Å². The summed E-state index contributed by atoms with van der Waals surface area (Å²) in [6.45, 7) is 0. The minimum atomic E-state index is 0.732. The van der Waals surface area contributed by atoms with Crippen molar-refractivity contribution in [3.05, 3.63) is 48.9 Å². The highest BCUT2D eigenvalue weighted by Gasteiger charge is 2.07. The predicted octanol–water partition coefficient (Wildman–Crippen LogP) is 2.43. The number of hydrogen-bond acceptors (Lipinski definition) is 3. The van der Waals surface area contributed by atoms with Crippen LogP contribution < -0.4 is 0 Å². The Morgan fingerprint density at radius 3 is 2.88 bits per heavy atom. The van der Waals surface area contributed by atoms with Crippen molar-refractivity contribution in [2.75, 3.05) is 0 Å². The number of fused-ring (bicyclic) bond motifs is 5. The van der Waals surface area contributed by atoms with Gasteiger partial charge in [0.2, 0.25) is 0 Å². The summed E-state index contributed by atoms with van der Waals surface area (Å²) in [7, 11) is 0. The topological polar surface area (TPSA) is 43.1 Å². The van der Waals surface area contributed by atoms with Gasteiger partial charge in [0.15, 0.2) is 5.65 Å². The average molecular weight is 220 g/mol. The van der Waals surface area contributed by atoms with Crippen LogP contribution in [0, 0.1) is 0 Å². The summed E-state index contributed by atoms with van der Waals surface area (Å²) in [6.07, 6.45) is 3.52. The highest BCUT2D eigenvalue weighted by molar-refractivity contribution is 5.94. The smallest absolute Gasteiger partial charge is 0.164 e. The van der Waals surface area contributed by atoms with Gasteiger partial charge in [0.05, 0.1) is 16.4 Å². The van der Waals surface area contributed by atoms with Crippen LogP contribution in [0.5, 0.6) is 0 Å². The molecule has 4 rings (SSSR count). The third kappa shape index (κ3) is 1.09. The van der Waals surface area contributed by atoms with Gasteiger partial charge < -0.3 is 0 Å². The zero-order chi connectivity index (χ0) is 11.2. The second-order valence-electron chi connectivity index (χ2n) is 3.91. The number of benzene rings is 1. The summed E-state index contributed by atoms with van der Waals surface area (Å²) in [5, 5.41) is 0.978. The molecule has 4 aromatic rings. The molecule has 17 heavy (non-hydrogen) atoms. The van der Waals surface area contributed by atoms with Gasteiger partial charge in [-0.05, 0) is 24.3 Å². The van der Waals surface area contributed by atoms with Gasteiger partial charge in [-0.15, -0.1) is 0 Å². The molecule has 0 aliphatic carbocycles. The molecule has 4 heteroatoms. The Hall–Kier alpha value is -2.49. The molecule has 1 aromatic carbocycles. The molecule has 3 heterocycles. The standard InChI is InChI=1S/C13H8N4/c1-2-6-11-10(5-1)16-13-9-4-3-7-14-12(9)15-8-17(11)13/h1-8H. The first-order valence-electron chi connectivity index (χ1n) is 5.40. The first kappa shape index (κ1) is 8.64. The number of hydrogen-bond donors (Lipinski definition) is 0. The summed E-state index contributed by atoms with van der Waals surface area (Å²) in [5.41, 5.74) is 3.69. The van der Waals surface area contributed by atoms with Gasteiger partial charge in [0, 0.05) is 6.20 Å². The van der Waals surface area contributed by atoms with E-state index < -0.39 is 0 Å². The van der Waals surface area contributed by atoms with E-state index in [1.54, 1.807) is 12.5 Å². The molecule has 0 spiro atoms. The van der Waals surface area contributed by atoms with Crippen molar-refractivity contribution in [1.29, 1.82) is 0 Å². The van der Waals surface area contributed by atoms with Crippen LogP contribution in [-0.2, 0) is 0 Å². The lowest BCUT2D eigenvalue weighted by Crippen LogP contribution is -1.90. The van der Waals surface area contributed by atoms with Crippen molar-refractivity contribution < 1.29 is 0 Å². The molecule has 0 fully saturated rings. The molecule has 3 aromatic heterocycles. The Morgan fingerprint density at radius 1 is 0.941 bits per heavy atom. The summed E-state index contributed by atoms with van der Waals surface area (Å²) in [5.74, 6) is 0. The highest BCUT2D eigenvalue weighted by atomic mass is 15.1. The molecular weight excluding hydrogens is 212 g/mol. The molecular formula is C13H8N4. The lowest BCUT2D eigenvalue weighted by molar-refractivity contribution is 1.13. The molecule has 0 saturated heterocycles. The fraction of sp³-hybridized carbons (Fsp3) is 0. The fourth-order valence-corrected chi connectivity index (χ4v) is 2.14. The van der Waals surface area contributed by atoms with Crippen LogP contribution in [0.15, 0.2) is 48.9 Å². The maximum absolute atomic E-state index is 4.63. The molecule has 0 atom stereocenters. The maximum Gasteiger partial charge on any atom is 0.164 e. The van der Waals surface area contributed by atoms with E-state index in [0.717, 1.165) is 27.7 Å². The Bertz CT molecular complexity index is 848. The lowest BCUT2D eigenvalue weighted by Gasteiger charge is -1.98. The Balaban J connectivity index is 2.34. The van der Waals surface area contributed by atoms with Gasteiger partial charge >= 0.3 is 0 Å². The molecule has 80 valence electrons. The van der Waals surface area contributed by atoms with Crippen LogP contribution in [0.4, 0.5) is 0 Å². The van der Waals surface area contributed by atoms with Gasteiger partial charge in [0.25, 0.3) is 0 Å². The minimum Gasteiger partial charge on any atom is -0.282 e. The van der Waals surface area contributed by atoms with E-state index in [1.807, 2.05) is 40.8 Å². The van der Waals surface area contributed by atoms with E-state index in [2.05, 4.69) is 15.0 Å². The normalized spacial score (nSPS) is 11.5. The molecule has 0 N–H and O–H groups in total. The van der Waals surface area contributed by atoms with Crippen molar-refractivity contribution in [2.45, 2.75) is 0 Å². The first-order valence-corrected chi connectivity index (χ1v) is 5.40. The number of rotatable bonds is 0. The molecule has 0 unspecified atom stereocenters. The zero-order valence-electron chi connectivity index (χ0n) is 8.91. The van der Waals surface area contributed by atoms with Crippen LogP contribution in [-0.4, -0.2) is 19.4 Å². The number of pyridine rings is 1. The van der Waals surface area contributed by atoms with Gasteiger partial charge in [0.1, 0.15) is 12.0 Å². The number of nitrogens with zero attached hydrogens (tertiary/aromatic N) is 4. The first-order chi connectivity index (χ1) is 8.43. The molecule has 0 amide bonds. The maximum atomic E-state index is 4.63. The van der Waals surface area contributed by atoms with Gasteiger partial charge in [-0.25, -0.2) is 15.0 Å². The zero-order valence-corrected chi connectivity index (χ0v) is 8.91. The number of para-hydroxylation sites is 2. The van der Waals surface area contributed by atoms with Gasteiger partial charge in [-0.2, -0.15) is 0 Å². The predicted molar refractivity (Wildman–Crippen MR) is 65.8 cm³/mol. The Labute approximate surface area is 96.6 Å². The van der Waals surface area contributed by atoms with E-state index in [1.165, 1.54) is 0 Å². The van der Waals surface area contributed by atoms with Gasteiger partial charge in [-0.3, -0.25) is 4.40 Å². The van der Waals surface area contributed by atoms with E-state index in [-0.39, 0.29) is 0 Å². The summed E-state index contributed by atoms with van der Waals surface area (Å²) < 4.78 is 2.00. The van der Waals surface area contributed by atoms with E-state index in [9.17, 15) is 0 Å². The van der Waals surface area contributed by atoms with Crippen molar-refractivity contribution in [1.82, 2.24) is 19.4 Å². The monoisotopic (exact) mass is 220 g/mol. The van der Waals surface area contributed by atoms with E-state index in [0.29, 0.717) is 0 Å². The summed E-state index contributed by atoms with van der Waals surface area (Å²) >= 11 is 0. The lowest BCUT2D eigenvalue weighted by atomic mass is 10.3. The highest BCUT2D eigenvalue weighted by Crippen LogP contribution is 2.20. The summed E-state index contributed by atoms with van der Waals surface area (Å²) in [4.78, 5) is 13.2.